The van der Waals surface area contributed by atoms with Crippen molar-refractivity contribution in [1.82, 2.24) is 9.58 Å². The van der Waals surface area contributed by atoms with Gasteiger partial charge in [0, 0.05) is 39.7 Å². The smallest absolute Gasteiger partial charge is 0.278 e. The maximum Gasteiger partial charge on any atom is 0.278 e. The molecule has 4 heterocycles. The van der Waals surface area contributed by atoms with Crippen molar-refractivity contribution in [2.45, 2.75) is 45.0 Å². The number of carbonyl (C=O) groups excluding carboxylic acids is 1. The lowest BCUT2D eigenvalue weighted by atomic mass is 9.90. The molecule has 8 rings (SSSR count). The van der Waals surface area contributed by atoms with Crippen molar-refractivity contribution in [3.63, 3.8) is 0 Å². The van der Waals surface area contributed by atoms with E-state index in [-0.39, 0.29) is 48.1 Å². The summed E-state index contributed by atoms with van der Waals surface area (Å²) in [5, 5.41) is 1.96. The fraction of sp³-hybridized carbons (Fsp3) is 0.263. The van der Waals surface area contributed by atoms with E-state index >= 15 is 8.78 Å². The molecule has 0 N–H and O–H groups in total. The summed E-state index contributed by atoms with van der Waals surface area (Å²) in [7, 11) is 0. The van der Waals surface area contributed by atoms with Gasteiger partial charge < -0.3 is 14.4 Å². The monoisotopic (exact) mass is 665 g/mol. The molecule has 10 heteroatoms. The van der Waals surface area contributed by atoms with Crippen LogP contribution in [0.5, 0.6) is 5.75 Å². The Morgan fingerprint density at radius 1 is 0.938 bits per heavy atom. The molecule has 2 atom stereocenters. The molecule has 1 unspecified atom stereocenters. The van der Waals surface area contributed by atoms with E-state index in [2.05, 4.69) is 20.8 Å². The van der Waals surface area contributed by atoms with Crippen LogP contribution in [0.25, 0.3) is 21.6 Å². The maximum atomic E-state index is 16.3. The molecule has 1 amide bonds. The molecule has 0 radical (unpaired) electrons. The van der Waals surface area contributed by atoms with E-state index in [9.17, 15) is 9.59 Å². The zero-order chi connectivity index (χ0) is 33.3. The molecule has 5 aromatic rings. The summed E-state index contributed by atoms with van der Waals surface area (Å²) in [5.74, 6) is -2.30. The average Bonchev–Trinajstić information content (AvgIpc) is 3.50. The lowest BCUT2D eigenvalue weighted by molar-refractivity contribution is -0.0197. The van der Waals surface area contributed by atoms with Crippen LogP contribution in [0.1, 0.15) is 58.9 Å². The van der Waals surface area contributed by atoms with E-state index in [1.807, 2.05) is 65.7 Å². The minimum absolute atomic E-state index is 0.0670. The summed E-state index contributed by atoms with van der Waals surface area (Å²) in [6, 6.07) is 22.7. The van der Waals surface area contributed by atoms with Crippen molar-refractivity contribution in [1.29, 1.82) is 0 Å². The molecule has 1 fully saturated rings. The highest BCUT2D eigenvalue weighted by molar-refractivity contribution is 7.16. The van der Waals surface area contributed by atoms with E-state index < -0.39 is 29.3 Å². The van der Waals surface area contributed by atoms with E-state index in [1.54, 1.807) is 33.2 Å². The number of halogens is 2. The Morgan fingerprint density at radius 3 is 2.50 bits per heavy atom. The van der Waals surface area contributed by atoms with Crippen LogP contribution in [-0.2, 0) is 16.8 Å². The molecule has 7 nitrogen and oxygen atoms in total. The number of ether oxygens (including phenoxy) is 2. The first-order valence-corrected chi connectivity index (χ1v) is 16.8. The van der Waals surface area contributed by atoms with Crippen LogP contribution in [-0.4, -0.2) is 41.4 Å². The van der Waals surface area contributed by atoms with Gasteiger partial charge in [0.15, 0.2) is 23.1 Å². The molecule has 2 aromatic heterocycles. The molecule has 2 aliphatic heterocycles. The Morgan fingerprint density at radius 2 is 1.71 bits per heavy atom. The van der Waals surface area contributed by atoms with Gasteiger partial charge in [-0.15, -0.1) is 11.3 Å². The minimum atomic E-state index is -0.940. The molecule has 1 aliphatic carbocycles. The second-order valence-corrected chi connectivity index (χ2v) is 14.4. The van der Waals surface area contributed by atoms with Gasteiger partial charge in [0.05, 0.1) is 19.3 Å². The standard InChI is InChI=1S/C38H33F2N3O4S/c1-38(2,3)29-19-26-31-25(13-14-27(39)32(31)40)33(23-11-7-8-12-24(23)36(26)48-29)43-30-21-46-18-17-41(30)37(45)34-35(28(44)15-16-42(34)43)47-20-22-9-5-4-6-10-22/h4-16,19,30,33H,17-18,20-21H2,1-3H3/t30-,33?/m1/s1. The van der Waals surface area contributed by atoms with Crippen LogP contribution in [0.4, 0.5) is 8.78 Å². The highest BCUT2D eigenvalue weighted by Crippen LogP contribution is 2.53. The second kappa shape index (κ2) is 11.4. The number of rotatable bonds is 4. The predicted octanol–water partition coefficient (Wildman–Crippen LogP) is 7.25. The summed E-state index contributed by atoms with van der Waals surface area (Å²) in [6.45, 7) is 7.17. The number of pyridine rings is 1. The van der Waals surface area contributed by atoms with Crippen LogP contribution in [0.15, 0.2) is 89.9 Å². The topological polar surface area (TPSA) is 64.0 Å². The van der Waals surface area contributed by atoms with Gasteiger partial charge in [-0.1, -0.05) is 81.4 Å². The van der Waals surface area contributed by atoms with Crippen LogP contribution >= 0.6 is 11.3 Å². The number of morpholine rings is 1. The average molecular weight is 666 g/mol. The summed E-state index contributed by atoms with van der Waals surface area (Å²) in [6.07, 6.45) is 0.945. The van der Waals surface area contributed by atoms with Gasteiger partial charge in [-0.25, -0.2) is 8.78 Å². The number of hydrogen-bond donors (Lipinski definition) is 0. The largest absolute Gasteiger partial charge is 0.482 e. The summed E-state index contributed by atoms with van der Waals surface area (Å²) in [4.78, 5) is 31.3. The van der Waals surface area contributed by atoms with Gasteiger partial charge in [-0.2, -0.15) is 0 Å². The minimum Gasteiger partial charge on any atom is -0.482 e. The summed E-state index contributed by atoms with van der Waals surface area (Å²) in [5.41, 5.74) is 3.35. The number of hydrogen-bond acceptors (Lipinski definition) is 6. The quantitative estimate of drug-likeness (QED) is 0.202. The number of fused-ring (bicyclic) bond motifs is 7. The Hall–Kier alpha value is -4.80. The summed E-state index contributed by atoms with van der Waals surface area (Å²) < 4.78 is 45.3. The molecular formula is C38H33F2N3O4S. The number of nitrogens with zero attached hydrogens (tertiary/aromatic N) is 3. The first-order valence-electron chi connectivity index (χ1n) is 15.9. The van der Waals surface area contributed by atoms with Crippen molar-refractivity contribution in [2.75, 3.05) is 24.8 Å². The molecule has 244 valence electrons. The van der Waals surface area contributed by atoms with Crippen LogP contribution in [0, 0.1) is 11.6 Å². The first kappa shape index (κ1) is 30.5. The van der Waals surface area contributed by atoms with Crippen molar-refractivity contribution >= 4 is 17.2 Å². The zero-order valence-corrected chi connectivity index (χ0v) is 27.5. The molecule has 0 bridgehead atoms. The third kappa shape index (κ3) is 4.77. The van der Waals surface area contributed by atoms with Crippen molar-refractivity contribution in [3.05, 3.63) is 134 Å². The van der Waals surface area contributed by atoms with E-state index in [1.165, 1.54) is 6.07 Å². The summed E-state index contributed by atoms with van der Waals surface area (Å²) >= 11 is 1.58. The van der Waals surface area contributed by atoms with E-state index in [0.29, 0.717) is 17.7 Å². The van der Waals surface area contributed by atoms with Crippen LogP contribution < -0.4 is 15.2 Å². The van der Waals surface area contributed by atoms with Gasteiger partial charge in [0.25, 0.3) is 5.91 Å². The van der Waals surface area contributed by atoms with Gasteiger partial charge >= 0.3 is 0 Å². The van der Waals surface area contributed by atoms with Gasteiger partial charge in [0.1, 0.15) is 12.8 Å². The molecule has 0 spiro atoms. The highest BCUT2D eigenvalue weighted by Gasteiger charge is 2.47. The van der Waals surface area contributed by atoms with Gasteiger partial charge in [-0.3, -0.25) is 19.3 Å². The Labute approximate surface area is 280 Å². The number of aromatic nitrogens is 1. The zero-order valence-electron chi connectivity index (χ0n) is 26.7. The molecule has 3 aromatic carbocycles. The predicted molar refractivity (Wildman–Crippen MR) is 181 cm³/mol. The Kier molecular flexibility index (Phi) is 7.26. The van der Waals surface area contributed by atoms with Crippen LogP contribution in [0.2, 0.25) is 0 Å². The Bertz CT molecular complexity index is 2140. The second-order valence-electron chi connectivity index (χ2n) is 13.3. The molecule has 3 aliphatic rings. The molecule has 0 saturated carbocycles. The SMILES string of the molecule is CC(C)(C)c1cc2c(s1)-c1ccccc1C(N1[C@@H]3COCCN3C(=O)c3c(OCc4ccccc4)c(=O)ccn31)c1ccc(F)c(F)c1-2. The van der Waals surface area contributed by atoms with Gasteiger partial charge in [0.2, 0.25) is 5.43 Å². The van der Waals surface area contributed by atoms with E-state index in [0.717, 1.165) is 32.5 Å². The number of carbonyl (C=O) groups is 1. The number of benzene rings is 3. The molecular weight excluding hydrogens is 632 g/mol. The molecule has 1 saturated heterocycles. The lowest BCUT2D eigenvalue weighted by Crippen LogP contribution is -2.66. The normalized spacial score (nSPS) is 18.3. The van der Waals surface area contributed by atoms with Crippen molar-refractivity contribution in [2.24, 2.45) is 0 Å². The maximum absolute atomic E-state index is 16.3. The number of amides is 1. The lowest BCUT2D eigenvalue weighted by Gasteiger charge is -2.51. The van der Waals surface area contributed by atoms with Crippen molar-refractivity contribution < 1.29 is 23.0 Å². The molecule has 48 heavy (non-hydrogen) atoms. The highest BCUT2D eigenvalue weighted by atomic mass is 32.1. The van der Waals surface area contributed by atoms with Crippen molar-refractivity contribution in [3.8, 4) is 27.3 Å². The number of thiophene rings is 1. The first-order chi connectivity index (χ1) is 23.1. The third-order valence-corrected chi connectivity index (χ3v) is 10.9. The fourth-order valence-electron chi connectivity index (χ4n) is 7.00. The van der Waals surface area contributed by atoms with E-state index in [4.69, 9.17) is 9.47 Å². The van der Waals surface area contributed by atoms with Crippen LogP contribution in [0.3, 0.4) is 0 Å². The van der Waals surface area contributed by atoms with Gasteiger partial charge in [-0.05, 0) is 39.8 Å². The fourth-order valence-corrected chi connectivity index (χ4v) is 8.27. The Balaban J connectivity index is 1.39. The third-order valence-electron chi connectivity index (χ3n) is 9.31.